The van der Waals surface area contributed by atoms with E-state index in [0.717, 1.165) is 11.1 Å². The molecule has 3 rings (SSSR count). The van der Waals surface area contributed by atoms with Crippen molar-refractivity contribution < 1.29 is 14.7 Å². The van der Waals surface area contributed by atoms with Gasteiger partial charge in [-0.05, 0) is 49.5 Å². The Morgan fingerprint density at radius 2 is 1.88 bits per heavy atom. The highest BCUT2D eigenvalue weighted by Gasteiger charge is 2.33. The van der Waals surface area contributed by atoms with Crippen LogP contribution in [0.4, 0.5) is 4.79 Å². The number of fused-ring (bicyclic) bond motifs is 1. The Morgan fingerprint density at radius 3 is 2.38 bits per heavy atom. The van der Waals surface area contributed by atoms with Gasteiger partial charge in [-0.25, -0.2) is 14.2 Å². The Morgan fingerprint density at radius 1 is 1.26 bits per heavy atom. The van der Waals surface area contributed by atoms with E-state index >= 15 is 0 Å². The van der Waals surface area contributed by atoms with Crippen molar-refractivity contribution in [1.29, 1.82) is 0 Å². The Labute approximate surface area is 197 Å². The Balaban J connectivity index is 0.00000129. The van der Waals surface area contributed by atoms with Crippen molar-refractivity contribution in [2.75, 3.05) is 0 Å². The number of aryl methyl sites for hydroxylation is 3. The lowest BCUT2D eigenvalue weighted by Crippen LogP contribution is -2.43. The molecule has 0 saturated heterocycles. The lowest BCUT2D eigenvalue weighted by Gasteiger charge is -2.28. The average Bonchev–Trinajstić information content (AvgIpc) is 3.24. The molecule has 1 aromatic carbocycles. The number of nitrogens with zero attached hydrogens (tertiary/aromatic N) is 6. The Bertz CT molecular complexity index is 1210. The van der Waals surface area contributed by atoms with Crippen LogP contribution in [0.3, 0.4) is 0 Å². The molecular formula is C22H34N8O4. The lowest BCUT2D eigenvalue weighted by atomic mass is 9.86. The third-order valence-electron chi connectivity index (χ3n) is 5.25. The van der Waals surface area contributed by atoms with Gasteiger partial charge in [0, 0.05) is 12.1 Å². The quantitative estimate of drug-likeness (QED) is 0.471. The molecule has 1 atom stereocenters. The van der Waals surface area contributed by atoms with Gasteiger partial charge in [-0.1, -0.05) is 32.9 Å². The smallest absolute Gasteiger partial charge is 0.337 e. The van der Waals surface area contributed by atoms with Crippen LogP contribution in [0.5, 0.6) is 0 Å². The fourth-order valence-corrected chi connectivity index (χ4v) is 3.57. The normalized spacial score (nSPS) is 12.7. The molecule has 2 heterocycles. The van der Waals surface area contributed by atoms with Crippen LogP contribution >= 0.6 is 0 Å². The van der Waals surface area contributed by atoms with Crippen molar-refractivity contribution in [2.45, 2.75) is 66.1 Å². The number of aromatic nitrogens is 6. The number of carbonyl (C=O) groups excluding carboxylic acids is 1. The highest BCUT2D eigenvalue weighted by Crippen LogP contribution is 2.30. The van der Waals surface area contributed by atoms with Crippen molar-refractivity contribution in [2.24, 2.45) is 18.2 Å². The van der Waals surface area contributed by atoms with Crippen molar-refractivity contribution >= 4 is 23.5 Å². The minimum Gasteiger partial charge on any atom is -0.483 e. The summed E-state index contributed by atoms with van der Waals surface area (Å²) in [5.41, 5.74) is 7.10. The number of rotatable bonds is 5. The molecule has 0 saturated carbocycles. The Kier molecular flexibility index (Phi) is 7.98. The molecule has 186 valence electrons. The predicted octanol–water partition coefficient (Wildman–Crippen LogP) is 1.81. The van der Waals surface area contributed by atoms with Crippen molar-refractivity contribution in [1.82, 2.24) is 34.7 Å². The summed E-state index contributed by atoms with van der Waals surface area (Å²) >= 11 is 0. The molecule has 12 heteroatoms. The molecule has 2 aromatic heterocycles. The molecule has 0 bridgehead atoms. The van der Waals surface area contributed by atoms with E-state index in [1.54, 1.807) is 17.7 Å². The lowest BCUT2D eigenvalue weighted by molar-refractivity contribution is -0.122. The minimum absolute atomic E-state index is 0.250. The largest absolute Gasteiger partial charge is 0.483 e. The first-order valence-corrected chi connectivity index (χ1v) is 10.8. The summed E-state index contributed by atoms with van der Waals surface area (Å²) in [6.07, 6.45) is 0.593. The number of benzene rings is 1. The van der Waals surface area contributed by atoms with Gasteiger partial charge in [-0.15, -0.1) is 10.2 Å². The standard InChI is InChI=1S/C21H32N8O2.CH2O2/c1-13-9-8-10-14-15(13)28(12-11-21(5,6)22)19(31)29(14)18(30)23-16(20(2,3)4)17-24-26-27(7)25-17;2-1-3/h8-10,16H,11-12,22H2,1-7H3,(H,23,30);1H,(H,2,3). The molecule has 0 spiro atoms. The number of nitrogens with two attached hydrogens (primary N) is 1. The van der Waals surface area contributed by atoms with Crippen molar-refractivity contribution in [3.63, 3.8) is 0 Å². The molecule has 3 aromatic rings. The van der Waals surface area contributed by atoms with E-state index in [2.05, 4.69) is 20.7 Å². The second-order valence-corrected chi connectivity index (χ2v) is 9.94. The van der Waals surface area contributed by atoms with Crippen LogP contribution in [0.2, 0.25) is 0 Å². The van der Waals surface area contributed by atoms with Gasteiger partial charge >= 0.3 is 11.7 Å². The number of amides is 1. The third kappa shape index (κ3) is 6.07. The zero-order chi connectivity index (χ0) is 25.8. The number of nitrogens with one attached hydrogen (secondary N) is 1. The van der Waals surface area contributed by atoms with Crippen LogP contribution < -0.4 is 16.7 Å². The molecule has 1 amide bonds. The van der Waals surface area contributed by atoms with Crippen LogP contribution in [0.15, 0.2) is 23.0 Å². The topological polar surface area (TPSA) is 163 Å². The molecule has 1 unspecified atom stereocenters. The monoisotopic (exact) mass is 474 g/mol. The summed E-state index contributed by atoms with van der Waals surface area (Å²) < 4.78 is 2.81. The number of carboxylic acid groups (broad SMARTS) is 1. The van der Waals surface area contributed by atoms with Crippen molar-refractivity contribution in [3.05, 3.63) is 40.1 Å². The molecule has 12 nitrogen and oxygen atoms in total. The summed E-state index contributed by atoms with van der Waals surface area (Å²) in [6.45, 7) is 11.8. The van der Waals surface area contributed by atoms with E-state index in [0.29, 0.717) is 24.3 Å². The van der Waals surface area contributed by atoms with E-state index in [4.69, 9.17) is 15.6 Å². The van der Waals surface area contributed by atoms with Gasteiger partial charge in [0.05, 0.1) is 24.1 Å². The van der Waals surface area contributed by atoms with E-state index in [1.807, 2.05) is 53.7 Å². The fraction of sp³-hybridized carbons (Fsp3) is 0.545. The highest BCUT2D eigenvalue weighted by atomic mass is 16.3. The maximum absolute atomic E-state index is 13.4. The summed E-state index contributed by atoms with van der Waals surface area (Å²) in [7, 11) is 1.66. The molecule has 4 N–H and O–H groups in total. The third-order valence-corrected chi connectivity index (χ3v) is 5.25. The second-order valence-electron chi connectivity index (χ2n) is 9.94. The summed E-state index contributed by atoms with van der Waals surface area (Å²) in [4.78, 5) is 36.4. The maximum Gasteiger partial charge on any atom is 0.337 e. The fourth-order valence-electron chi connectivity index (χ4n) is 3.57. The van der Waals surface area contributed by atoms with Gasteiger partial charge in [0.15, 0.2) is 5.82 Å². The number of hydrogen-bond donors (Lipinski definition) is 3. The van der Waals surface area contributed by atoms with Gasteiger partial charge in [-0.2, -0.15) is 4.80 Å². The first-order chi connectivity index (χ1) is 15.7. The average molecular weight is 475 g/mol. The number of para-hydroxylation sites is 1. The zero-order valence-electron chi connectivity index (χ0n) is 20.7. The molecule has 0 aliphatic heterocycles. The predicted molar refractivity (Wildman–Crippen MR) is 127 cm³/mol. The molecule has 0 radical (unpaired) electrons. The van der Waals surface area contributed by atoms with Gasteiger partial charge in [0.2, 0.25) is 0 Å². The molecule has 0 fully saturated rings. The van der Waals surface area contributed by atoms with Gasteiger partial charge in [0.1, 0.15) is 0 Å². The molecule has 0 aliphatic rings. The van der Waals surface area contributed by atoms with E-state index in [1.165, 1.54) is 9.36 Å². The van der Waals surface area contributed by atoms with E-state index in [-0.39, 0.29) is 6.47 Å². The number of tetrazole rings is 1. The van der Waals surface area contributed by atoms with Crippen LogP contribution in [0.1, 0.15) is 58.5 Å². The molecule has 34 heavy (non-hydrogen) atoms. The van der Waals surface area contributed by atoms with Crippen LogP contribution in [-0.2, 0) is 18.4 Å². The molecular weight excluding hydrogens is 440 g/mol. The first-order valence-electron chi connectivity index (χ1n) is 10.8. The number of imidazole rings is 1. The van der Waals surface area contributed by atoms with Crippen LogP contribution in [-0.4, -0.2) is 52.5 Å². The second kappa shape index (κ2) is 10.2. The summed E-state index contributed by atoms with van der Waals surface area (Å²) in [5.74, 6) is 0.390. The first kappa shape index (κ1) is 26.7. The highest BCUT2D eigenvalue weighted by molar-refractivity contribution is 5.91. The molecule has 0 aliphatic carbocycles. The van der Waals surface area contributed by atoms with Crippen LogP contribution in [0.25, 0.3) is 11.0 Å². The maximum atomic E-state index is 13.4. The minimum atomic E-state index is -0.535. The summed E-state index contributed by atoms with van der Waals surface area (Å²) in [6, 6.07) is 4.48. The zero-order valence-corrected chi connectivity index (χ0v) is 20.7. The van der Waals surface area contributed by atoms with Gasteiger partial charge < -0.3 is 16.2 Å². The van der Waals surface area contributed by atoms with Crippen molar-refractivity contribution in [3.8, 4) is 0 Å². The SMILES string of the molecule is Cc1cccc2c1n(CCC(C)(C)N)c(=O)n2C(=O)NC(c1nnn(C)n1)C(C)(C)C.O=CO. The number of carbonyl (C=O) groups is 2. The van der Waals surface area contributed by atoms with E-state index in [9.17, 15) is 9.59 Å². The van der Waals surface area contributed by atoms with Crippen LogP contribution in [0, 0.1) is 12.3 Å². The van der Waals surface area contributed by atoms with E-state index < -0.39 is 28.7 Å². The Hall–Kier alpha value is -3.54. The van der Waals surface area contributed by atoms with Gasteiger partial charge in [0.25, 0.3) is 6.47 Å². The van der Waals surface area contributed by atoms with Gasteiger partial charge in [-0.3, -0.25) is 9.36 Å². The number of hydrogen-bond acceptors (Lipinski definition) is 7. The summed E-state index contributed by atoms with van der Waals surface area (Å²) in [5, 5.41) is 22.0.